The molecule has 0 N–H and O–H groups in total. The Morgan fingerprint density at radius 3 is 2.55 bits per heavy atom. The molecule has 7 nitrogen and oxygen atoms in total. The topological polar surface area (TPSA) is 78.2 Å². The summed E-state index contributed by atoms with van der Waals surface area (Å²) in [6.07, 6.45) is 0. The number of nitrogens with zero attached hydrogens (tertiary/aromatic N) is 1. The maximum absolute atomic E-state index is 12.7. The minimum absolute atomic E-state index is 0.141. The summed E-state index contributed by atoms with van der Waals surface area (Å²) in [5.41, 5.74) is 1.28. The molecular formula is C22H21NO6. The summed E-state index contributed by atoms with van der Waals surface area (Å²) in [6, 6.07) is 11.8. The zero-order chi connectivity index (χ0) is 20.4. The molecule has 1 aliphatic rings. The molecule has 0 amide bonds. The van der Waals surface area contributed by atoms with E-state index in [1.165, 1.54) is 13.2 Å². The van der Waals surface area contributed by atoms with E-state index in [1.54, 1.807) is 43.3 Å². The smallest absolute Gasteiger partial charge is 0.338 e. The number of para-hydroxylation sites is 1. The summed E-state index contributed by atoms with van der Waals surface area (Å²) in [5.74, 6) is 0.938. The Morgan fingerprint density at radius 2 is 1.79 bits per heavy atom. The SMILES string of the molecule is COC(=O)c1cccc(Oc2cccc3c(=O)cc(N4CCOCC4)oc23)c1C. The standard InChI is InChI=1S/C22H21NO6/c1-14-15(22(25)26-2)5-3-7-18(14)28-19-8-4-6-16-17(24)13-20(29-21(16)19)23-9-11-27-12-10-23/h3-8,13H,9-12H2,1-2H3. The molecule has 1 saturated heterocycles. The van der Waals surface area contributed by atoms with E-state index in [-0.39, 0.29) is 5.43 Å². The van der Waals surface area contributed by atoms with Crippen LogP contribution in [0.2, 0.25) is 0 Å². The third-order valence-electron chi connectivity index (χ3n) is 4.94. The van der Waals surface area contributed by atoms with Crippen LogP contribution in [0.5, 0.6) is 11.5 Å². The van der Waals surface area contributed by atoms with Gasteiger partial charge in [-0.3, -0.25) is 4.79 Å². The van der Waals surface area contributed by atoms with Gasteiger partial charge in [-0.25, -0.2) is 4.79 Å². The molecule has 0 unspecified atom stereocenters. The Bertz CT molecular complexity index is 1110. The molecule has 7 heteroatoms. The van der Waals surface area contributed by atoms with Crippen LogP contribution >= 0.6 is 0 Å². The number of carbonyl (C=O) groups is 1. The molecule has 0 saturated carbocycles. The second kappa shape index (κ2) is 7.97. The predicted molar refractivity (Wildman–Crippen MR) is 108 cm³/mol. The van der Waals surface area contributed by atoms with E-state index in [0.29, 0.717) is 65.8 Å². The molecule has 0 spiro atoms. The van der Waals surface area contributed by atoms with E-state index in [0.717, 1.165) is 0 Å². The van der Waals surface area contributed by atoms with Gasteiger partial charge < -0.3 is 23.5 Å². The van der Waals surface area contributed by atoms with Gasteiger partial charge >= 0.3 is 5.97 Å². The van der Waals surface area contributed by atoms with E-state index >= 15 is 0 Å². The predicted octanol–water partition coefficient (Wildman–Crippen LogP) is 3.52. The summed E-state index contributed by atoms with van der Waals surface area (Å²) in [7, 11) is 1.34. The molecule has 150 valence electrons. The molecule has 0 atom stereocenters. The molecule has 0 bridgehead atoms. The lowest BCUT2D eigenvalue weighted by Gasteiger charge is -2.27. The van der Waals surface area contributed by atoms with Crippen molar-refractivity contribution in [1.29, 1.82) is 0 Å². The second-order valence-electron chi connectivity index (χ2n) is 6.70. The minimum Gasteiger partial charge on any atom is -0.465 e. The highest BCUT2D eigenvalue weighted by atomic mass is 16.5. The first-order valence-corrected chi connectivity index (χ1v) is 9.34. The zero-order valence-electron chi connectivity index (χ0n) is 16.3. The van der Waals surface area contributed by atoms with E-state index in [4.69, 9.17) is 18.6 Å². The minimum atomic E-state index is -0.438. The number of carbonyl (C=O) groups excluding carboxylic acids is 1. The van der Waals surface area contributed by atoms with Crippen molar-refractivity contribution in [2.45, 2.75) is 6.92 Å². The first-order chi connectivity index (χ1) is 14.1. The molecular weight excluding hydrogens is 374 g/mol. The van der Waals surface area contributed by atoms with Crippen LogP contribution in [0.1, 0.15) is 15.9 Å². The Labute approximate surface area is 167 Å². The van der Waals surface area contributed by atoms with Crippen LogP contribution in [0.4, 0.5) is 5.88 Å². The fourth-order valence-corrected chi connectivity index (χ4v) is 3.33. The number of esters is 1. The van der Waals surface area contributed by atoms with Crippen molar-refractivity contribution in [2.24, 2.45) is 0 Å². The highest BCUT2D eigenvalue weighted by Crippen LogP contribution is 2.33. The molecule has 0 radical (unpaired) electrons. The van der Waals surface area contributed by atoms with Crippen molar-refractivity contribution in [3.05, 3.63) is 63.8 Å². The first kappa shape index (κ1) is 19.0. The van der Waals surface area contributed by atoms with Gasteiger partial charge in [0.25, 0.3) is 0 Å². The van der Waals surface area contributed by atoms with Crippen molar-refractivity contribution in [2.75, 3.05) is 38.3 Å². The lowest BCUT2D eigenvalue weighted by Crippen LogP contribution is -2.36. The third kappa shape index (κ3) is 3.69. The van der Waals surface area contributed by atoms with E-state index in [2.05, 4.69) is 0 Å². The van der Waals surface area contributed by atoms with Gasteiger partial charge in [-0.2, -0.15) is 0 Å². The number of fused-ring (bicyclic) bond motifs is 1. The van der Waals surface area contributed by atoms with Crippen molar-refractivity contribution < 1.29 is 23.4 Å². The van der Waals surface area contributed by atoms with Crippen LogP contribution < -0.4 is 15.1 Å². The molecule has 3 aromatic rings. The maximum atomic E-state index is 12.7. The monoisotopic (exact) mass is 395 g/mol. The van der Waals surface area contributed by atoms with E-state index in [9.17, 15) is 9.59 Å². The zero-order valence-corrected chi connectivity index (χ0v) is 16.3. The third-order valence-corrected chi connectivity index (χ3v) is 4.94. The van der Waals surface area contributed by atoms with Crippen LogP contribution in [-0.4, -0.2) is 39.4 Å². The Balaban J connectivity index is 1.77. The molecule has 1 aliphatic heterocycles. The van der Waals surface area contributed by atoms with Gasteiger partial charge in [0.05, 0.1) is 31.3 Å². The number of benzene rings is 2. The summed E-state index contributed by atoms with van der Waals surface area (Å²) in [6.45, 7) is 4.25. The van der Waals surface area contributed by atoms with Crippen molar-refractivity contribution in [3.63, 3.8) is 0 Å². The van der Waals surface area contributed by atoms with Gasteiger partial charge in [-0.15, -0.1) is 0 Å². The van der Waals surface area contributed by atoms with Crippen LogP contribution in [0.3, 0.4) is 0 Å². The van der Waals surface area contributed by atoms with Crippen LogP contribution in [0.25, 0.3) is 11.0 Å². The Hall–Kier alpha value is -3.32. The fraction of sp³-hybridized carbons (Fsp3) is 0.273. The van der Waals surface area contributed by atoms with Gasteiger partial charge in [0, 0.05) is 24.7 Å². The van der Waals surface area contributed by atoms with Crippen LogP contribution in [0, 0.1) is 6.92 Å². The van der Waals surface area contributed by atoms with Gasteiger partial charge in [-0.1, -0.05) is 12.1 Å². The van der Waals surface area contributed by atoms with Crippen LogP contribution in [0.15, 0.2) is 51.7 Å². The summed E-state index contributed by atoms with van der Waals surface area (Å²) >= 11 is 0. The van der Waals surface area contributed by atoms with Gasteiger partial charge in [-0.05, 0) is 31.2 Å². The van der Waals surface area contributed by atoms with E-state index in [1.807, 2.05) is 4.90 Å². The van der Waals surface area contributed by atoms with Crippen molar-refractivity contribution in [3.8, 4) is 11.5 Å². The fourth-order valence-electron chi connectivity index (χ4n) is 3.33. The summed E-state index contributed by atoms with van der Waals surface area (Å²) in [4.78, 5) is 26.6. The lowest BCUT2D eigenvalue weighted by atomic mass is 10.1. The average Bonchev–Trinajstić information content (AvgIpc) is 2.75. The number of hydrogen-bond acceptors (Lipinski definition) is 7. The number of ether oxygens (including phenoxy) is 3. The molecule has 2 aromatic carbocycles. The lowest BCUT2D eigenvalue weighted by molar-refractivity contribution is 0.0599. The highest BCUT2D eigenvalue weighted by Gasteiger charge is 2.19. The maximum Gasteiger partial charge on any atom is 0.338 e. The normalized spacial score (nSPS) is 14.1. The average molecular weight is 395 g/mol. The molecule has 1 aromatic heterocycles. The first-order valence-electron chi connectivity index (χ1n) is 9.34. The van der Waals surface area contributed by atoms with E-state index < -0.39 is 5.97 Å². The Morgan fingerprint density at radius 1 is 1.07 bits per heavy atom. The number of hydrogen-bond donors (Lipinski definition) is 0. The van der Waals surface area contributed by atoms with Gasteiger partial charge in [0.1, 0.15) is 5.75 Å². The summed E-state index contributed by atoms with van der Waals surface area (Å²) < 4.78 is 22.3. The number of anilines is 1. The van der Waals surface area contributed by atoms with Gasteiger partial charge in [0.2, 0.25) is 0 Å². The number of methoxy groups -OCH3 is 1. The molecule has 2 heterocycles. The van der Waals surface area contributed by atoms with Crippen molar-refractivity contribution >= 4 is 22.8 Å². The van der Waals surface area contributed by atoms with Crippen molar-refractivity contribution in [1.82, 2.24) is 0 Å². The molecule has 0 aliphatic carbocycles. The molecule has 1 fully saturated rings. The quantitative estimate of drug-likeness (QED) is 0.626. The molecule has 29 heavy (non-hydrogen) atoms. The number of rotatable bonds is 4. The molecule has 4 rings (SSSR count). The second-order valence-corrected chi connectivity index (χ2v) is 6.70. The highest BCUT2D eigenvalue weighted by molar-refractivity contribution is 5.92. The van der Waals surface area contributed by atoms with Gasteiger partial charge in [0.15, 0.2) is 22.6 Å². The number of morpholine rings is 1. The largest absolute Gasteiger partial charge is 0.465 e. The van der Waals surface area contributed by atoms with Crippen LogP contribution in [-0.2, 0) is 9.47 Å². The Kier molecular flexibility index (Phi) is 5.22. The summed E-state index contributed by atoms with van der Waals surface area (Å²) in [5, 5.41) is 0.432.